The highest BCUT2D eigenvalue weighted by molar-refractivity contribution is 6.30. The van der Waals surface area contributed by atoms with Crippen LogP contribution in [0, 0.1) is 0 Å². The molecule has 0 aromatic heterocycles. The average Bonchev–Trinajstić information content (AvgIpc) is 2.74. The largest absolute Gasteiger partial charge is 0.364 e. The van der Waals surface area contributed by atoms with E-state index in [1.807, 2.05) is 72.6 Å². The maximum absolute atomic E-state index is 13.1. The number of likely N-dealkylation sites (N-methyl/N-ethyl adjacent to an activating group) is 1. The van der Waals surface area contributed by atoms with Crippen molar-refractivity contribution in [3.8, 4) is 0 Å². The molecule has 6 heteroatoms. The van der Waals surface area contributed by atoms with Crippen LogP contribution in [0.1, 0.15) is 27.5 Å². The Morgan fingerprint density at radius 1 is 1.10 bits per heavy atom. The molecule has 5 nitrogen and oxygen atoms in total. The monoisotopic (exact) mass is 419 g/mol. The molecular formula is C24H22ClN3O2. The number of benzene rings is 3. The maximum atomic E-state index is 13.1. The van der Waals surface area contributed by atoms with Gasteiger partial charge >= 0.3 is 0 Å². The SMILES string of the molecule is CN1CC(=O)Nc2cc(C(=O)NC(Cc3ccc(Cl)cc3)c3ccccc3)ccc21. The van der Waals surface area contributed by atoms with Crippen LogP contribution in [-0.2, 0) is 11.2 Å². The van der Waals surface area contributed by atoms with Gasteiger partial charge in [0.1, 0.15) is 0 Å². The molecule has 1 aliphatic heterocycles. The van der Waals surface area contributed by atoms with Crippen molar-refractivity contribution in [2.24, 2.45) is 0 Å². The van der Waals surface area contributed by atoms with Gasteiger partial charge in [0.05, 0.1) is 24.0 Å². The van der Waals surface area contributed by atoms with Crippen molar-refractivity contribution >= 4 is 34.8 Å². The maximum Gasteiger partial charge on any atom is 0.251 e. The van der Waals surface area contributed by atoms with E-state index in [2.05, 4.69) is 10.6 Å². The fourth-order valence-corrected chi connectivity index (χ4v) is 3.76. The normalized spacial score (nSPS) is 13.9. The Bertz CT molecular complexity index is 1070. The third-order valence-corrected chi connectivity index (χ3v) is 5.44. The van der Waals surface area contributed by atoms with Crippen molar-refractivity contribution in [3.05, 3.63) is 94.5 Å². The van der Waals surface area contributed by atoms with Gasteiger partial charge in [-0.2, -0.15) is 0 Å². The zero-order valence-electron chi connectivity index (χ0n) is 16.6. The summed E-state index contributed by atoms with van der Waals surface area (Å²) in [5, 5.41) is 6.67. The van der Waals surface area contributed by atoms with E-state index in [4.69, 9.17) is 11.6 Å². The van der Waals surface area contributed by atoms with Gasteiger partial charge in [0.2, 0.25) is 5.91 Å². The molecule has 0 saturated carbocycles. The summed E-state index contributed by atoms with van der Waals surface area (Å²) < 4.78 is 0. The molecule has 0 saturated heterocycles. The third kappa shape index (κ3) is 4.47. The lowest BCUT2D eigenvalue weighted by Gasteiger charge is -2.27. The molecule has 4 rings (SSSR count). The summed E-state index contributed by atoms with van der Waals surface area (Å²) in [7, 11) is 1.86. The Balaban J connectivity index is 1.58. The van der Waals surface area contributed by atoms with Crippen molar-refractivity contribution in [3.63, 3.8) is 0 Å². The Morgan fingerprint density at radius 2 is 1.83 bits per heavy atom. The van der Waals surface area contributed by atoms with Crippen molar-refractivity contribution in [2.45, 2.75) is 12.5 Å². The lowest BCUT2D eigenvalue weighted by molar-refractivity contribution is -0.115. The minimum absolute atomic E-state index is 0.0903. The first kappa shape index (κ1) is 20.0. The van der Waals surface area contributed by atoms with Gasteiger partial charge in [-0.05, 0) is 47.9 Å². The number of hydrogen-bond donors (Lipinski definition) is 2. The number of fused-ring (bicyclic) bond motifs is 1. The molecule has 30 heavy (non-hydrogen) atoms. The van der Waals surface area contributed by atoms with E-state index in [1.54, 1.807) is 12.1 Å². The summed E-state index contributed by atoms with van der Waals surface area (Å²) in [6.07, 6.45) is 0.636. The van der Waals surface area contributed by atoms with Crippen molar-refractivity contribution < 1.29 is 9.59 Å². The molecule has 1 heterocycles. The molecule has 0 bridgehead atoms. The summed E-state index contributed by atoms with van der Waals surface area (Å²) >= 11 is 6.01. The lowest BCUT2D eigenvalue weighted by atomic mass is 9.98. The Morgan fingerprint density at radius 3 is 2.57 bits per heavy atom. The first-order chi connectivity index (χ1) is 14.5. The van der Waals surface area contributed by atoms with Crippen LogP contribution in [0.25, 0.3) is 0 Å². The van der Waals surface area contributed by atoms with Gasteiger partial charge in [-0.1, -0.05) is 54.1 Å². The number of nitrogens with zero attached hydrogens (tertiary/aromatic N) is 1. The van der Waals surface area contributed by atoms with Gasteiger partial charge < -0.3 is 15.5 Å². The molecule has 1 atom stereocenters. The molecule has 0 spiro atoms. The number of anilines is 2. The molecule has 0 radical (unpaired) electrons. The summed E-state index contributed by atoms with van der Waals surface area (Å²) in [5.74, 6) is -0.282. The van der Waals surface area contributed by atoms with E-state index in [9.17, 15) is 9.59 Å². The van der Waals surface area contributed by atoms with E-state index in [0.29, 0.717) is 29.2 Å². The molecule has 152 valence electrons. The molecule has 3 aromatic carbocycles. The van der Waals surface area contributed by atoms with Gasteiger partial charge in [-0.3, -0.25) is 9.59 Å². The molecule has 1 aliphatic rings. The standard InChI is InChI=1S/C24H22ClN3O2/c1-28-15-23(29)26-21-14-18(9-12-22(21)28)24(30)27-20(17-5-3-2-4-6-17)13-16-7-10-19(25)11-8-16/h2-12,14,20H,13,15H2,1H3,(H,26,29)(H,27,30). The van der Waals surface area contributed by atoms with Crippen LogP contribution in [0.2, 0.25) is 5.02 Å². The summed E-state index contributed by atoms with van der Waals surface area (Å²) in [5.41, 5.74) is 4.14. The number of amides is 2. The highest BCUT2D eigenvalue weighted by Gasteiger charge is 2.22. The fraction of sp³-hybridized carbons (Fsp3) is 0.167. The number of carbonyl (C=O) groups is 2. The van der Waals surface area contributed by atoms with Crippen molar-refractivity contribution in [2.75, 3.05) is 23.8 Å². The predicted molar refractivity (Wildman–Crippen MR) is 120 cm³/mol. The van der Waals surface area contributed by atoms with Crippen molar-refractivity contribution in [1.29, 1.82) is 0 Å². The second-order valence-electron chi connectivity index (χ2n) is 7.40. The zero-order valence-corrected chi connectivity index (χ0v) is 17.3. The third-order valence-electron chi connectivity index (χ3n) is 5.19. The van der Waals surface area contributed by atoms with E-state index in [1.165, 1.54) is 0 Å². The van der Waals surface area contributed by atoms with Crippen LogP contribution in [0.5, 0.6) is 0 Å². The number of hydrogen-bond acceptors (Lipinski definition) is 3. The number of carbonyl (C=O) groups excluding carboxylic acids is 2. The molecule has 2 amide bonds. The predicted octanol–water partition coefficient (Wildman–Crippen LogP) is 4.44. The van der Waals surface area contributed by atoms with Crippen LogP contribution in [-0.4, -0.2) is 25.4 Å². The van der Waals surface area contributed by atoms with Gasteiger partial charge in [-0.25, -0.2) is 0 Å². The minimum atomic E-state index is -0.201. The van der Waals surface area contributed by atoms with E-state index in [0.717, 1.165) is 16.8 Å². The highest BCUT2D eigenvalue weighted by atomic mass is 35.5. The van der Waals surface area contributed by atoms with Gasteiger partial charge in [0, 0.05) is 17.6 Å². The van der Waals surface area contributed by atoms with E-state index < -0.39 is 0 Å². The first-order valence-electron chi connectivity index (χ1n) is 9.75. The molecule has 2 N–H and O–H groups in total. The van der Waals surface area contributed by atoms with Crippen LogP contribution in [0.4, 0.5) is 11.4 Å². The van der Waals surface area contributed by atoms with Crippen LogP contribution in [0.3, 0.4) is 0 Å². The smallest absolute Gasteiger partial charge is 0.251 e. The van der Waals surface area contributed by atoms with Gasteiger partial charge in [0.25, 0.3) is 5.91 Å². The average molecular weight is 420 g/mol. The second-order valence-corrected chi connectivity index (χ2v) is 7.84. The molecular weight excluding hydrogens is 398 g/mol. The summed E-state index contributed by atoms with van der Waals surface area (Å²) in [4.78, 5) is 26.8. The van der Waals surface area contributed by atoms with Gasteiger partial charge in [-0.15, -0.1) is 0 Å². The first-order valence-corrected chi connectivity index (χ1v) is 10.1. The number of nitrogens with one attached hydrogen (secondary N) is 2. The van der Waals surface area contributed by atoms with Crippen LogP contribution >= 0.6 is 11.6 Å². The quantitative estimate of drug-likeness (QED) is 0.642. The molecule has 3 aromatic rings. The van der Waals surface area contributed by atoms with Gasteiger partial charge in [0.15, 0.2) is 0 Å². The highest BCUT2D eigenvalue weighted by Crippen LogP contribution is 2.29. The fourth-order valence-electron chi connectivity index (χ4n) is 3.64. The number of halogens is 1. The summed E-state index contributed by atoms with van der Waals surface area (Å²) in [6, 6.07) is 22.7. The van der Waals surface area contributed by atoms with E-state index >= 15 is 0 Å². The zero-order chi connectivity index (χ0) is 21.1. The van der Waals surface area contributed by atoms with Crippen LogP contribution in [0.15, 0.2) is 72.8 Å². The Hall–Kier alpha value is -3.31. The summed E-state index contributed by atoms with van der Waals surface area (Å²) in [6.45, 7) is 0.301. The van der Waals surface area contributed by atoms with Crippen molar-refractivity contribution in [1.82, 2.24) is 5.32 Å². The second kappa shape index (κ2) is 8.59. The molecule has 0 fully saturated rings. The molecule has 1 unspecified atom stereocenters. The van der Waals surface area contributed by atoms with Crippen LogP contribution < -0.4 is 15.5 Å². The molecule has 0 aliphatic carbocycles. The topological polar surface area (TPSA) is 61.4 Å². The van der Waals surface area contributed by atoms with E-state index in [-0.39, 0.29) is 17.9 Å². The lowest BCUT2D eigenvalue weighted by Crippen LogP contribution is -2.35. The Labute approximate surface area is 180 Å². The minimum Gasteiger partial charge on any atom is -0.364 e. The number of rotatable bonds is 5. The Kier molecular flexibility index (Phi) is 5.72.